The fourth-order valence-corrected chi connectivity index (χ4v) is 1.83. The van der Waals surface area contributed by atoms with Gasteiger partial charge in [-0.25, -0.2) is 0 Å². The summed E-state index contributed by atoms with van der Waals surface area (Å²) in [6.45, 7) is 7.86. The molecule has 1 aromatic carbocycles. The van der Waals surface area contributed by atoms with E-state index in [1.807, 2.05) is 18.2 Å². The summed E-state index contributed by atoms with van der Waals surface area (Å²) in [6, 6.07) is 5.76. The molecular weight excluding hydrogens is 208 g/mol. The first-order valence-electron chi connectivity index (χ1n) is 5.38. The van der Waals surface area contributed by atoms with Gasteiger partial charge in [0.15, 0.2) is 0 Å². The molecule has 0 fully saturated rings. The zero-order chi connectivity index (χ0) is 11.6. The number of aliphatic hydroxyl groups is 1. The van der Waals surface area contributed by atoms with Gasteiger partial charge in [-0.3, -0.25) is 0 Å². The standard InChI is InChI=1S/C13H19ClO/c1-5-9(2)11-8-10(13(3,4)15)6-7-12(11)14/h6-9,15H,5H2,1-4H3. The molecule has 0 aliphatic rings. The van der Waals surface area contributed by atoms with Crippen molar-refractivity contribution in [3.05, 3.63) is 34.3 Å². The largest absolute Gasteiger partial charge is 0.386 e. The van der Waals surface area contributed by atoms with Gasteiger partial charge in [0.2, 0.25) is 0 Å². The molecular formula is C13H19ClO. The van der Waals surface area contributed by atoms with Crippen molar-refractivity contribution in [2.45, 2.75) is 45.6 Å². The van der Waals surface area contributed by atoms with Gasteiger partial charge >= 0.3 is 0 Å². The quantitative estimate of drug-likeness (QED) is 0.824. The first kappa shape index (κ1) is 12.5. The van der Waals surface area contributed by atoms with Crippen molar-refractivity contribution >= 4 is 11.6 Å². The molecule has 1 unspecified atom stereocenters. The lowest BCUT2D eigenvalue weighted by molar-refractivity contribution is 0.0785. The minimum absolute atomic E-state index is 0.430. The lowest BCUT2D eigenvalue weighted by Gasteiger charge is -2.21. The minimum atomic E-state index is -0.799. The summed E-state index contributed by atoms with van der Waals surface area (Å²) in [5.41, 5.74) is 1.24. The number of hydrogen-bond acceptors (Lipinski definition) is 1. The average molecular weight is 227 g/mol. The smallest absolute Gasteiger partial charge is 0.0840 e. The fraction of sp³-hybridized carbons (Fsp3) is 0.538. The monoisotopic (exact) mass is 226 g/mol. The van der Waals surface area contributed by atoms with Crippen LogP contribution in [0.25, 0.3) is 0 Å². The molecule has 1 N–H and O–H groups in total. The molecule has 0 saturated heterocycles. The van der Waals surface area contributed by atoms with Crippen molar-refractivity contribution in [3.63, 3.8) is 0 Å². The third kappa shape index (κ3) is 2.96. The van der Waals surface area contributed by atoms with Crippen LogP contribution in [0.5, 0.6) is 0 Å². The zero-order valence-electron chi connectivity index (χ0n) is 9.84. The molecule has 1 atom stereocenters. The highest BCUT2D eigenvalue weighted by Crippen LogP contribution is 2.31. The van der Waals surface area contributed by atoms with Crippen molar-refractivity contribution in [2.24, 2.45) is 0 Å². The SMILES string of the molecule is CCC(C)c1cc(C(C)(C)O)ccc1Cl. The summed E-state index contributed by atoms with van der Waals surface area (Å²) in [5.74, 6) is 0.430. The number of rotatable bonds is 3. The maximum Gasteiger partial charge on any atom is 0.0840 e. The van der Waals surface area contributed by atoms with Crippen molar-refractivity contribution in [3.8, 4) is 0 Å². The van der Waals surface area contributed by atoms with E-state index in [4.69, 9.17) is 11.6 Å². The topological polar surface area (TPSA) is 20.2 Å². The van der Waals surface area contributed by atoms with Crippen LogP contribution in [0.1, 0.15) is 51.2 Å². The lowest BCUT2D eigenvalue weighted by Crippen LogP contribution is -2.15. The van der Waals surface area contributed by atoms with E-state index in [1.165, 1.54) is 0 Å². The second-order valence-electron chi connectivity index (χ2n) is 4.60. The Morgan fingerprint density at radius 2 is 2.00 bits per heavy atom. The van der Waals surface area contributed by atoms with E-state index in [0.29, 0.717) is 5.92 Å². The molecule has 0 aliphatic carbocycles. The Morgan fingerprint density at radius 1 is 1.40 bits per heavy atom. The van der Waals surface area contributed by atoms with E-state index in [9.17, 15) is 5.11 Å². The number of benzene rings is 1. The predicted octanol–water partition coefficient (Wildman–Crippen LogP) is 4.08. The van der Waals surface area contributed by atoms with Gasteiger partial charge in [0.05, 0.1) is 5.60 Å². The Hall–Kier alpha value is -0.530. The molecule has 2 heteroatoms. The third-order valence-electron chi connectivity index (χ3n) is 2.85. The average Bonchev–Trinajstić information content (AvgIpc) is 2.15. The van der Waals surface area contributed by atoms with Gasteiger partial charge in [0.25, 0.3) is 0 Å². The molecule has 0 spiro atoms. The first-order valence-corrected chi connectivity index (χ1v) is 5.76. The van der Waals surface area contributed by atoms with Gasteiger partial charge < -0.3 is 5.11 Å². The van der Waals surface area contributed by atoms with Gasteiger partial charge in [0.1, 0.15) is 0 Å². The van der Waals surface area contributed by atoms with Crippen molar-refractivity contribution in [1.82, 2.24) is 0 Å². The molecule has 0 radical (unpaired) electrons. The van der Waals surface area contributed by atoms with E-state index in [2.05, 4.69) is 13.8 Å². The van der Waals surface area contributed by atoms with Crippen LogP contribution in [0.15, 0.2) is 18.2 Å². The molecule has 0 heterocycles. The van der Waals surface area contributed by atoms with Crippen LogP contribution in [0.2, 0.25) is 5.02 Å². The van der Waals surface area contributed by atoms with E-state index < -0.39 is 5.60 Å². The number of hydrogen-bond donors (Lipinski definition) is 1. The summed E-state index contributed by atoms with van der Waals surface area (Å²) >= 11 is 6.14. The fourth-order valence-electron chi connectivity index (χ4n) is 1.52. The molecule has 0 saturated carbocycles. The van der Waals surface area contributed by atoms with Crippen molar-refractivity contribution in [2.75, 3.05) is 0 Å². The second kappa shape index (κ2) is 4.54. The van der Waals surface area contributed by atoms with Crippen LogP contribution in [0.3, 0.4) is 0 Å². The Bertz CT molecular complexity index is 339. The summed E-state index contributed by atoms with van der Waals surface area (Å²) in [4.78, 5) is 0. The predicted molar refractivity (Wildman–Crippen MR) is 65.4 cm³/mol. The Labute approximate surface area is 97.1 Å². The van der Waals surface area contributed by atoms with E-state index in [-0.39, 0.29) is 0 Å². The van der Waals surface area contributed by atoms with Crippen LogP contribution in [0.4, 0.5) is 0 Å². The van der Waals surface area contributed by atoms with E-state index >= 15 is 0 Å². The third-order valence-corrected chi connectivity index (χ3v) is 3.19. The highest BCUT2D eigenvalue weighted by molar-refractivity contribution is 6.31. The van der Waals surface area contributed by atoms with Gasteiger partial charge in [-0.05, 0) is 43.4 Å². The van der Waals surface area contributed by atoms with E-state index in [1.54, 1.807) is 13.8 Å². The van der Waals surface area contributed by atoms with Crippen LogP contribution in [-0.2, 0) is 5.60 Å². The van der Waals surface area contributed by atoms with Crippen LogP contribution in [0, 0.1) is 0 Å². The van der Waals surface area contributed by atoms with Crippen LogP contribution in [-0.4, -0.2) is 5.11 Å². The van der Waals surface area contributed by atoms with E-state index in [0.717, 1.165) is 22.6 Å². The molecule has 0 bridgehead atoms. The molecule has 15 heavy (non-hydrogen) atoms. The minimum Gasteiger partial charge on any atom is -0.386 e. The molecule has 1 rings (SSSR count). The Balaban J connectivity index is 3.17. The molecule has 0 aliphatic heterocycles. The Kier molecular flexibility index (Phi) is 3.80. The zero-order valence-corrected chi connectivity index (χ0v) is 10.6. The Morgan fingerprint density at radius 3 is 2.47 bits per heavy atom. The van der Waals surface area contributed by atoms with Crippen molar-refractivity contribution in [1.29, 1.82) is 0 Å². The molecule has 0 amide bonds. The van der Waals surface area contributed by atoms with Crippen molar-refractivity contribution < 1.29 is 5.11 Å². The normalized spacial score (nSPS) is 14.0. The van der Waals surface area contributed by atoms with Gasteiger partial charge in [-0.15, -0.1) is 0 Å². The molecule has 0 aromatic heterocycles. The lowest BCUT2D eigenvalue weighted by atomic mass is 9.91. The highest BCUT2D eigenvalue weighted by atomic mass is 35.5. The molecule has 84 valence electrons. The number of halogens is 1. The first-order chi connectivity index (χ1) is 6.86. The van der Waals surface area contributed by atoms with Gasteiger partial charge in [-0.2, -0.15) is 0 Å². The maximum absolute atomic E-state index is 9.92. The van der Waals surface area contributed by atoms with Gasteiger partial charge in [0, 0.05) is 5.02 Å². The van der Waals surface area contributed by atoms with Gasteiger partial charge in [-0.1, -0.05) is 37.6 Å². The summed E-state index contributed by atoms with van der Waals surface area (Å²) < 4.78 is 0. The maximum atomic E-state index is 9.92. The van der Waals surface area contributed by atoms with Crippen LogP contribution >= 0.6 is 11.6 Å². The summed E-state index contributed by atoms with van der Waals surface area (Å²) in [5, 5.41) is 10.7. The molecule has 1 aromatic rings. The highest BCUT2D eigenvalue weighted by Gasteiger charge is 2.18. The van der Waals surface area contributed by atoms with Crippen LogP contribution < -0.4 is 0 Å². The molecule has 1 nitrogen and oxygen atoms in total. The summed E-state index contributed by atoms with van der Waals surface area (Å²) in [6.07, 6.45) is 1.05. The second-order valence-corrected chi connectivity index (χ2v) is 5.01. The summed E-state index contributed by atoms with van der Waals surface area (Å²) in [7, 11) is 0.